The first-order valence-electron chi connectivity index (χ1n) is 9.06. The molecule has 27 heavy (non-hydrogen) atoms. The molecule has 1 fully saturated rings. The van der Waals surface area contributed by atoms with Crippen LogP contribution in [0.4, 0.5) is 11.8 Å². The van der Waals surface area contributed by atoms with Crippen LogP contribution in [0.25, 0.3) is 17.0 Å². The van der Waals surface area contributed by atoms with Crippen LogP contribution in [-0.2, 0) is 4.74 Å². The minimum Gasteiger partial charge on any atom is -0.486 e. The lowest BCUT2D eigenvalue weighted by Crippen LogP contribution is -2.56. The van der Waals surface area contributed by atoms with Gasteiger partial charge in [-0.2, -0.15) is 4.98 Å². The fourth-order valence-corrected chi connectivity index (χ4v) is 3.87. The van der Waals surface area contributed by atoms with Crippen molar-refractivity contribution in [3.63, 3.8) is 0 Å². The summed E-state index contributed by atoms with van der Waals surface area (Å²) >= 11 is 0. The monoisotopic (exact) mass is 365 g/mol. The molecule has 139 valence electrons. The molecule has 0 bridgehead atoms. The Morgan fingerprint density at radius 3 is 2.85 bits per heavy atom. The SMILES string of the molecule is [CH2]c1nc(-n2c(NC)nc3ccccc32)nc2c1OC[C@@H]1COC[C@@H](C)N21. The van der Waals surface area contributed by atoms with Crippen molar-refractivity contribution < 1.29 is 9.47 Å². The summed E-state index contributed by atoms with van der Waals surface area (Å²) in [5, 5.41) is 3.13. The molecule has 2 aliphatic rings. The molecule has 1 radical (unpaired) electrons. The molecule has 0 spiro atoms. The molecule has 1 saturated heterocycles. The number of nitrogens with zero attached hydrogens (tertiary/aromatic N) is 5. The fraction of sp³-hybridized carbons (Fsp3) is 0.368. The third-order valence-corrected chi connectivity index (χ3v) is 5.09. The summed E-state index contributed by atoms with van der Waals surface area (Å²) in [7, 11) is 1.84. The second kappa shape index (κ2) is 6.09. The zero-order chi connectivity index (χ0) is 18.5. The Kier molecular flexibility index (Phi) is 3.68. The Hall–Kier alpha value is -2.87. The van der Waals surface area contributed by atoms with E-state index in [1.807, 2.05) is 35.9 Å². The molecule has 0 saturated carbocycles. The van der Waals surface area contributed by atoms with Gasteiger partial charge in [-0.3, -0.25) is 0 Å². The van der Waals surface area contributed by atoms with Gasteiger partial charge in [-0.15, -0.1) is 0 Å². The number of hydrogen-bond donors (Lipinski definition) is 1. The van der Waals surface area contributed by atoms with Crippen LogP contribution in [0, 0.1) is 6.92 Å². The smallest absolute Gasteiger partial charge is 0.239 e. The number of benzene rings is 1. The summed E-state index contributed by atoms with van der Waals surface area (Å²) in [5.74, 6) is 2.63. The van der Waals surface area contributed by atoms with E-state index in [0.717, 1.165) is 16.9 Å². The quantitative estimate of drug-likeness (QED) is 0.744. The van der Waals surface area contributed by atoms with Crippen molar-refractivity contribution in [2.24, 2.45) is 0 Å². The number of para-hydroxylation sites is 2. The van der Waals surface area contributed by atoms with E-state index in [9.17, 15) is 0 Å². The molecular formula is C19H21N6O2. The first kappa shape index (κ1) is 16.3. The Morgan fingerprint density at radius 2 is 2.00 bits per heavy atom. The Bertz CT molecular complexity index is 1020. The highest BCUT2D eigenvalue weighted by atomic mass is 16.5. The maximum atomic E-state index is 5.94. The van der Waals surface area contributed by atoms with Crippen LogP contribution in [0.3, 0.4) is 0 Å². The second-order valence-electron chi connectivity index (χ2n) is 6.89. The highest BCUT2D eigenvalue weighted by Crippen LogP contribution is 2.38. The van der Waals surface area contributed by atoms with Gasteiger partial charge in [0.05, 0.1) is 42.0 Å². The van der Waals surface area contributed by atoms with Crippen LogP contribution in [0.5, 0.6) is 5.75 Å². The third-order valence-electron chi connectivity index (χ3n) is 5.09. The van der Waals surface area contributed by atoms with Crippen LogP contribution in [0.1, 0.15) is 12.6 Å². The van der Waals surface area contributed by atoms with Crippen molar-refractivity contribution in [3.8, 4) is 11.7 Å². The molecule has 1 aromatic carbocycles. The van der Waals surface area contributed by atoms with Gasteiger partial charge in [0.15, 0.2) is 11.6 Å². The molecule has 5 rings (SSSR count). The van der Waals surface area contributed by atoms with Crippen LogP contribution in [0.15, 0.2) is 24.3 Å². The molecule has 0 unspecified atom stereocenters. The van der Waals surface area contributed by atoms with Crippen molar-refractivity contribution in [1.29, 1.82) is 0 Å². The van der Waals surface area contributed by atoms with Gasteiger partial charge in [0, 0.05) is 7.05 Å². The van der Waals surface area contributed by atoms with E-state index in [1.165, 1.54) is 0 Å². The van der Waals surface area contributed by atoms with Crippen molar-refractivity contribution in [2.75, 3.05) is 37.1 Å². The summed E-state index contributed by atoms with van der Waals surface area (Å²) in [6.45, 7) is 8.10. The van der Waals surface area contributed by atoms with Gasteiger partial charge >= 0.3 is 0 Å². The van der Waals surface area contributed by atoms with E-state index < -0.39 is 0 Å². The summed E-state index contributed by atoms with van der Waals surface area (Å²) in [4.78, 5) is 16.4. The average Bonchev–Trinajstić information content (AvgIpc) is 3.06. The molecule has 2 atom stereocenters. The molecule has 2 aromatic heterocycles. The van der Waals surface area contributed by atoms with Crippen LogP contribution < -0.4 is 15.0 Å². The van der Waals surface area contributed by atoms with E-state index in [4.69, 9.17) is 14.5 Å². The molecule has 3 aromatic rings. The molecule has 8 nitrogen and oxygen atoms in total. The van der Waals surface area contributed by atoms with E-state index in [0.29, 0.717) is 43.2 Å². The van der Waals surface area contributed by atoms with E-state index in [1.54, 1.807) is 0 Å². The number of anilines is 2. The zero-order valence-corrected chi connectivity index (χ0v) is 15.3. The van der Waals surface area contributed by atoms with Gasteiger partial charge in [0.1, 0.15) is 6.61 Å². The van der Waals surface area contributed by atoms with Crippen molar-refractivity contribution in [3.05, 3.63) is 36.9 Å². The molecule has 8 heteroatoms. The predicted octanol–water partition coefficient (Wildman–Crippen LogP) is 2.03. The maximum absolute atomic E-state index is 5.94. The topological polar surface area (TPSA) is 77.3 Å². The van der Waals surface area contributed by atoms with Crippen molar-refractivity contribution >= 4 is 22.8 Å². The van der Waals surface area contributed by atoms with Gasteiger partial charge in [0.2, 0.25) is 11.9 Å². The minimum absolute atomic E-state index is 0.145. The molecule has 0 aliphatic carbocycles. The molecule has 0 amide bonds. The lowest BCUT2D eigenvalue weighted by molar-refractivity contribution is 0.0485. The van der Waals surface area contributed by atoms with Gasteiger partial charge in [-0.1, -0.05) is 12.1 Å². The van der Waals surface area contributed by atoms with Gasteiger partial charge in [-0.05, 0) is 26.0 Å². The fourth-order valence-electron chi connectivity index (χ4n) is 3.87. The summed E-state index contributed by atoms with van der Waals surface area (Å²) in [5.41, 5.74) is 2.39. The van der Waals surface area contributed by atoms with E-state index >= 15 is 0 Å². The van der Waals surface area contributed by atoms with Gasteiger partial charge in [0.25, 0.3) is 0 Å². The highest BCUT2D eigenvalue weighted by Gasteiger charge is 2.37. The van der Waals surface area contributed by atoms with Crippen molar-refractivity contribution in [1.82, 2.24) is 19.5 Å². The summed E-state index contributed by atoms with van der Waals surface area (Å²) < 4.78 is 13.5. The Morgan fingerprint density at radius 1 is 1.15 bits per heavy atom. The molecule has 4 heterocycles. The van der Waals surface area contributed by atoms with Crippen LogP contribution in [-0.4, -0.2) is 58.5 Å². The third kappa shape index (κ3) is 2.43. The van der Waals surface area contributed by atoms with Crippen LogP contribution in [0.2, 0.25) is 0 Å². The number of fused-ring (bicyclic) bond motifs is 4. The van der Waals surface area contributed by atoms with Crippen molar-refractivity contribution in [2.45, 2.75) is 19.0 Å². The van der Waals surface area contributed by atoms with E-state index in [-0.39, 0.29) is 12.1 Å². The Labute approximate surface area is 157 Å². The molecule has 1 N–H and O–H groups in total. The Balaban J connectivity index is 1.72. The normalized spacial score (nSPS) is 21.5. The zero-order valence-electron chi connectivity index (χ0n) is 15.3. The molecule has 2 aliphatic heterocycles. The number of nitrogens with one attached hydrogen (secondary N) is 1. The lowest BCUT2D eigenvalue weighted by Gasteiger charge is -2.44. The van der Waals surface area contributed by atoms with Crippen LogP contribution >= 0.6 is 0 Å². The summed E-state index contributed by atoms with van der Waals surface area (Å²) in [6, 6.07) is 8.27. The lowest BCUT2D eigenvalue weighted by atomic mass is 10.1. The largest absolute Gasteiger partial charge is 0.486 e. The minimum atomic E-state index is 0.145. The number of aromatic nitrogens is 4. The highest BCUT2D eigenvalue weighted by molar-refractivity contribution is 5.80. The number of morpholine rings is 1. The predicted molar refractivity (Wildman–Crippen MR) is 103 cm³/mol. The van der Waals surface area contributed by atoms with Gasteiger partial charge in [-0.25, -0.2) is 14.5 Å². The second-order valence-corrected chi connectivity index (χ2v) is 6.89. The number of hydrogen-bond acceptors (Lipinski definition) is 7. The molecular weight excluding hydrogens is 344 g/mol. The average molecular weight is 365 g/mol. The number of ether oxygens (including phenoxy) is 2. The first-order valence-corrected chi connectivity index (χ1v) is 9.06. The standard InChI is InChI=1S/C19H21N6O2/c1-11-8-26-9-13-10-27-16-12(2)21-19(23-17(16)24(11)13)25-15-7-5-4-6-14(15)22-18(25)20-3/h4-7,11,13H,2,8-10H2,1,3H3,(H,20,22)/t11-,13+/m1/s1. The van der Waals surface area contributed by atoms with E-state index in [2.05, 4.69) is 34.0 Å². The summed E-state index contributed by atoms with van der Waals surface area (Å²) in [6.07, 6.45) is 0. The number of rotatable bonds is 2. The van der Waals surface area contributed by atoms with Gasteiger partial charge < -0.3 is 19.7 Å². The first-order chi connectivity index (χ1) is 13.2. The maximum Gasteiger partial charge on any atom is 0.239 e. The number of imidazole rings is 1.